The molecule has 14 heteroatoms. The van der Waals surface area contributed by atoms with E-state index < -0.39 is 53.1 Å². The molecule has 0 atom stereocenters. The van der Waals surface area contributed by atoms with Crippen LogP contribution in [0.2, 0.25) is 0 Å². The lowest BCUT2D eigenvalue weighted by Gasteiger charge is -2.15. The third-order valence-electron chi connectivity index (χ3n) is 4.23. The van der Waals surface area contributed by atoms with Gasteiger partial charge in [-0.05, 0) is 31.2 Å². The molecule has 7 nitrogen and oxygen atoms in total. The van der Waals surface area contributed by atoms with Crippen LogP contribution in [0.3, 0.4) is 0 Å². The van der Waals surface area contributed by atoms with Gasteiger partial charge in [-0.2, -0.15) is 26.3 Å². The molecule has 0 aliphatic carbocycles. The number of rotatable bonds is 4. The number of carbonyl (C=O) groups excluding carboxylic acids is 1. The number of nitrogens with zero attached hydrogens (tertiary/aromatic N) is 2. The van der Waals surface area contributed by atoms with Crippen LogP contribution in [0.5, 0.6) is 0 Å². The number of benzene rings is 1. The molecule has 2 aromatic heterocycles. The van der Waals surface area contributed by atoms with Crippen molar-refractivity contribution in [3.05, 3.63) is 56.4 Å². The molecule has 0 saturated heterocycles. The van der Waals surface area contributed by atoms with Crippen LogP contribution in [0.1, 0.15) is 26.6 Å². The average Bonchev–Trinajstić information content (AvgIpc) is 3.08. The van der Waals surface area contributed by atoms with Gasteiger partial charge in [-0.1, -0.05) is 0 Å². The lowest BCUT2D eigenvalue weighted by molar-refractivity contribution is -0.143. The highest BCUT2D eigenvalue weighted by molar-refractivity contribution is 7.20. The molecule has 1 aromatic carbocycles. The number of halogens is 6. The summed E-state index contributed by atoms with van der Waals surface area (Å²) in [5.74, 6) is -2.38. The summed E-state index contributed by atoms with van der Waals surface area (Å²) < 4.78 is 78.6. The summed E-state index contributed by atoms with van der Waals surface area (Å²) in [6.07, 6.45) is -10.2. The van der Waals surface area contributed by atoms with Crippen molar-refractivity contribution in [1.29, 1.82) is 0 Å². The highest BCUT2D eigenvalue weighted by atomic mass is 32.1. The summed E-state index contributed by atoms with van der Waals surface area (Å²) in [5.41, 5.74) is -4.77. The molecule has 0 fully saturated rings. The largest absolute Gasteiger partial charge is 0.477 e. The number of hydrogen-bond donors (Lipinski definition) is 2. The summed E-state index contributed by atoms with van der Waals surface area (Å²) in [5, 5.41) is 10.9. The van der Waals surface area contributed by atoms with E-state index in [1.165, 1.54) is 6.92 Å². The maximum absolute atomic E-state index is 13.0. The molecular formula is C18H11F6N3O4S. The number of carbonyl (C=O) groups is 2. The Morgan fingerprint density at radius 2 is 1.62 bits per heavy atom. The Kier molecular flexibility index (Phi) is 5.76. The van der Waals surface area contributed by atoms with E-state index >= 15 is 0 Å². The number of hydrogen-bond acceptors (Lipinski definition) is 5. The summed E-state index contributed by atoms with van der Waals surface area (Å²) in [6, 6.07) is 1.65. The Labute approximate surface area is 177 Å². The predicted molar refractivity (Wildman–Crippen MR) is 101 cm³/mol. The zero-order valence-electron chi connectivity index (χ0n) is 15.8. The normalized spacial score (nSPS) is 12.2. The second-order valence-electron chi connectivity index (χ2n) is 6.53. The Balaban J connectivity index is 1.94. The number of aromatic carboxylic acids is 1. The molecule has 0 aliphatic rings. The van der Waals surface area contributed by atoms with Crippen molar-refractivity contribution >= 4 is 39.1 Å². The molecule has 0 spiro atoms. The minimum atomic E-state index is -5.09. The Hall–Kier alpha value is -3.42. The van der Waals surface area contributed by atoms with Gasteiger partial charge in [-0.3, -0.25) is 14.2 Å². The van der Waals surface area contributed by atoms with Crippen LogP contribution in [0.4, 0.5) is 32.0 Å². The van der Waals surface area contributed by atoms with E-state index in [0.29, 0.717) is 12.1 Å². The number of carboxylic acid groups (broad SMARTS) is 1. The third-order valence-corrected chi connectivity index (χ3v) is 5.24. The highest BCUT2D eigenvalue weighted by Crippen LogP contribution is 2.37. The number of nitrogens with one attached hydrogen (secondary N) is 1. The van der Waals surface area contributed by atoms with Gasteiger partial charge in [0.2, 0.25) is 5.91 Å². The van der Waals surface area contributed by atoms with Gasteiger partial charge < -0.3 is 10.4 Å². The predicted octanol–water partition coefficient (Wildman–Crippen LogP) is 4.14. The minimum absolute atomic E-state index is 0.00328. The van der Waals surface area contributed by atoms with E-state index in [0.717, 1.165) is 22.0 Å². The molecule has 2 N–H and O–H groups in total. The van der Waals surface area contributed by atoms with Crippen LogP contribution in [0, 0.1) is 6.92 Å². The summed E-state index contributed by atoms with van der Waals surface area (Å²) in [7, 11) is 0. The Morgan fingerprint density at radius 3 is 2.12 bits per heavy atom. The molecule has 3 aromatic rings. The number of amides is 1. The molecule has 0 radical (unpaired) electrons. The minimum Gasteiger partial charge on any atom is -0.477 e. The number of fused-ring (bicyclic) bond motifs is 1. The van der Waals surface area contributed by atoms with E-state index in [1.54, 1.807) is 0 Å². The van der Waals surface area contributed by atoms with Gasteiger partial charge in [-0.25, -0.2) is 9.78 Å². The fourth-order valence-corrected chi connectivity index (χ4v) is 3.69. The number of thiophene rings is 1. The zero-order valence-corrected chi connectivity index (χ0v) is 16.6. The van der Waals surface area contributed by atoms with Crippen molar-refractivity contribution in [2.24, 2.45) is 0 Å². The van der Waals surface area contributed by atoms with Crippen molar-refractivity contribution in [3.63, 3.8) is 0 Å². The zero-order chi connectivity index (χ0) is 24.0. The van der Waals surface area contributed by atoms with Crippen LogP contribution < -0.4 is 10.9 Å². The van der Waals surface area contributed by atoms with Crippen molar-refractivity contribution in [3.8, 4) is 0 Å². The van der Waals surface area contributed by atoms with E-state index in [1.807, 2.05) is 5.32 Å². The van der Waals surface area contributed by atoms with Crippen LogP contribution in [0.25, 0.3) is 10.2 Å². The van der Waals surface area contributed by atoms with Crippen LogP contribution in [0.15, 0.2) is 29.1 Å². The van der Waals surface area contributed by atoms with Gasteiger partial charge in [0, 0.05) is 5.69 Å². The number of carboxylic acids is 1. The van der Waals surface area contributed by atoms with E-state index in [-0.39, 0.29) is 27.0 Å². The van der Waals surface area contributed by atoms with Gasteiger partial charge in [-0.15, -0.1) is 11.3 Å². The maximum atomic E-state index is 13.0. The maximum Gasteiger partial charge on any atom is 0.416 e. The highest BCUT2D eigenvalue weighted by Gasteiger charge is 2.37. The molecule has 170 valence electrons. The second kappa shape index (κ2) is 7.93. The van der Waals surface area contributed by atoms with Gasteiger partial charge in [0.25, 0.3) is 5.56 Å². The summed E-state index contributed by atoms with van der Waals surface area (Å²) in [4.78, 5) is 40.0. The standard InChI is InChI=1S/C18H11F6N3O4S/c1-7-25-14-11(5-12(32-14)16(30)31)15(29)27(7)6-13(28)26-10-3-8(17(19,20)21)2-9(4-10)18(22,23)24/h2-5H,6H2,1H3,(H,26,28)(H,30,31). The molecule has 1 amide bonds. The monoisotopic (exact) mass is 479 g/mol. The number of alkyl halides is 6. The number of anilines is 1. The number of aromatic nitrogens is 2. The molecule has 32 heavy (non-hydrogen) atoms. The SMILES string of the molecule is Cc1nc2sc(C(=O)O)cc2c(=O)n1CC(=O)Nc1cc(C(F)(F)F)cc(C(F)(F)F)c1. The van der Waals surface area contributed by atoms with E-state index in [4.69, 9.17) is 5.11 Å². The van der Waals surface area contributed by atoms with Crippen molar-refractivity contribution in [2.45, 2.75) is 25.8 Å². The van der Waals surface area contributed by atoms with Crippen molar-refractivity contribution in [1.82, 2.24) is 9.55 Å². The topological polar surface area (TPSA) is 101 Å². The number of aryl methyl sites for hydroxylation is 1. The Bertz CT molecular complexity index is 1260. The lowest BCUT2D eigenvalue weighted by atomic mass is 10.1. The first-order chi connectivity index (χ1) is 14.7. The molecular weight excluding hydrogens is 468 g/mol. The van der Waals surface area contributed by atoms with Crippen molar-refractivity contribution in [2.75, 3.05) is 5.32 Å². The molecule has 0 aliphatic heterocycles. The summed E-state index contributed by atoms with van der Waals surface area (Å²) >= 11 is 0.734. The summed E-state index contributed by atoms with van der Waals surface area (Å²) in [6.45, 7) is 0.559. The van der Waals surface area contributed by atoms with Gasteiger partial charge in [0.05, 0.1) is 16.5 Å². The van der Waals surface area contributed by atoms with Gasteiger partial charge >= 0.3 is 18.3 Å². The quantitative estimate of drug-likeness (QED) is 0.548. The van der Waals surface area contributed by atoms with Crippen LogP contribution >= 0.6 is 11.3 Å². The van der Waals surface area contributed by atoms with Crippen LogP contribution in [-0.4, -0.2) is 26.5 Å². The second-order valence-corrected chi connectivity index (χ2v) is 7.56. The first kappa shape index (κ1) is 23.2. The third kappa shape index (κ3) is 4.74. The van der Waals surface area contributed by atoms with E-state index in [2.05, 4.69) is 4.98 Å². The lowest BCUT2D eigenvalue weighted by Crippen LogP contribution is -2.30. The molecule has 0 unspecified atom stereocenters. The first-order valence-electron chi connectivity index (χ1n) is 8.50. The molecule has 2 heterocycles. The van der Waals surface area contributed by atoms with E-state index in [9.17, 15) is 40.7 Å². The van der Waals surface area contributed by atoms with Gasteiger partial charge in [0.1, 0.15) is 22.1 Å². The smallest absolute Gasteiger partial charge is 0.416 e. The Morgan fingerprint density at radius 1 is 1.06 bits per heavy atom. The first-order valence-corrected chi connectivity index (χ1v) is 9.32. The molecule has 3 rings (SSSR count). The van der Waals surface area contributed by atoms with Gasteiger partial charge in [0.15, 0.2) is 0 Å². The average molecular weight is 479 g/mol. The molecule has 0 bridgehead atoms. The van der Waals surface area contributed by atoms with Crippen LogP contribution in [-0.2, 0) is 23.7 Å². The fourth-order valence-electron chi connectivity index (χ4n) is 2.78. The molecule has 0 saturated carbocycles. The van der Waals surface area contributed by atoms with Crippen molar-refractivity contribution < 1.29 is 41.0 Å². The fraction of sp³-hybridized carbons (Fsp3) is 0.222.